The first-order chi connectivity index (χ1) is 9.06. The van der Waals surface area contributed by atoms with Gasteiger partial charge in [0.25, 0.3) is 0 Å². The second-order valence-corrected chi connectivity index (χ2v) is 5.73. The van der Waals surface area contributed by atoms with Crippen LogP contribution in [0.25, 0.3) is 0 Å². The quantitative estimate of drug-likeness (QED) is 0.733. The third-order valence-electron chi connectivity index (χ3n) is 3.89. The lowest BCUT2D eigenvalue weighted by Gasteiger charge is -2.27. The molecule has 0 aliphatic rings. The Hall–Kier alpha value is -0.890. The van der Waals surface area contributed by atoms with Crippen molar-refractivity contribution >= 4 is 0 Å². The van der Waals surface area contributed by atoms with Crippen LogP contribution in [0.3, 0.4) is 0 Å². The molecule has 1 aromatic carbocycles. The zero-order valence-corrected chi connectivity index (χ0v) is 12.7. The van der Waals surface area contributed by atoms with Gasteiger partial charge in [0.2, 0.25) is 0 Å². The first-order valence-electron chi connectivity index (χ1n) is 7.54. The Bertz CT molecular complexity index is 358. The average Bonchev–Trinajstić information content (AvgIpc) is 2.37. The van der Waals surface area contributed by atoms with Crippen LogP contribution in [0.4, 0.5) is 4.39 Å². The minimum atomic E-state index is -0.127. The third kappa shape index (κ3) is 5.73. The summed E-state index contributed by atoms with van der Waals surface area (Å²) in [5, 5.41) is 3.54. The molecule has 108 valence electrons. The molecule has 1 rings (SSSR count). The van der Waals surface area contributed by atoms with E-state index in [-0.39, 0.29) is 5.82 Å². The van der Waals surface area contributed by atoms with Gasteiger partial charge in [0.1, 0.15) is 5.82 Å². The summed E-state index contributed by atoms with van der Waals surface area (Å²) in [4.78, 5) is 0. The van der Waals surface area contributed by atoms with Gasteiger partial charge in [-0.05, 0) is 42.5 Å². The zero-order valence-electron chi connectivity index (χ0n) is 12.7. The fourth-order valence-corrected chi connectivity index (χ4v) is 2.71. The van der Waals surface area contributed by atoms with Crippen LogP contribution in [0.15, 0.2) is 24.3 Å². The lowest BCUT2D eigenvalue weighted by atomic mass is 9.83. The smallest absolute Gasteiger partial charge is 0.123 e. The van der Waals surface area contributed by atoms with E-state index in [0.717, 1.165) is 18.5 Å². The molecule has 1 unspecified atom stereocenters. The van der Waals surface area contributed by atoms with Gasteiger partial charge in [0.15, 0.2) is 0 Å². The van der Waals surface area contributed by atoms with Crippen molar-refractivity contribution in [3.63, 3.8) is 0 Å². The largest absolute Gasteiger partial charge is 0.314 e. The van der Waals surface area contributed by atoms with Crippen molar-refractivity contribution in [1.82, 2.24) is 5.32 Å². The summed E-state index contributed by atoms with van der Waals surface area (Å²) in [5.41, 5.74) is 1.11. The molecule has 1 N–H and O–H groups in total. The lowest BCUT2D eigenvalue weighted by Crippen LogP contribution is -2.33. The maximum atomic E-state index is 13.3. The molecule has 0 saturated heterocycles. The van der Waals surface area contributed by atoms with Crippen molar-refractivity contribution in [3.05, 3.63) is 35.6 Å². The maximum absolute atomic E-state index is 13.3. The molecule has 1 nitrogen and oxygen atoms in total. The Balaban J connectivity index is 2.72. The monoisotopic (exact) mass is 265 g/mol. The van der Waals surface area contributed by atoms with Crippen LogP contribution in [0.1, 0.15) is 46.1 Å². The van der Waals surface area contributed by atoms with E-state index < -0.39 is 0 Å². The minimum Gasteiger partial charge on any atom is -0.314 e. The van der Waals surface area contributed by atoms with Gasteiger partial charge in [-0.25, -0.2) is 4.39 Å². The van der Waals surface area contributed by atoms with Crippen molar-refractivity contribution in [1.29, 1.82) is 0 Å². The molecule has 0 aliphatic heterocycles. The lowest BCUT2D eigenvalue weighted by molar-refractivity contribution is 0.291. The molecule has 1 aromatic rings. The molecule has 19 heavy (non-hydrogen) atoms. The highest BCUT2D eigenvalue weighted by atomic mass is 19.1. The Morgan fingerprint density at radius 2 is 1.79 bits per heavy atom. The van der Waals surface area contributed by atoms with Gasteiger partial charge in [-0.1, -0.05) is 52.7 Å². The van der Waals surface area contributed by atoms with Crippen LogP contribution in [0, 0.1) is 17.7 Å². The highest BCUT2D eigenvalue weighted by Gasteiger charge is 2.19. The van der Waals surface area contributed by atoms with Crippen molar-refractivity contribution in [3.8, 4) is 0 Å². The van der Waals surface area contributed by atoms with Crippen LogP contribution < -0.4 is 5.32 Å². The molecule has 0 fully saturated rings. The van der Waals surface area contributed by atoms with Crippen LogP contribution in [-0.4, -0.2) is 12.6 Å². The minimum absolute atomic E-state index is 0.127. The van der Waals surface area contributed by atoms with Crippen LogP contribution in [0.5, 0.6) is 0 Å². The fraction of sp³-hybridized carbons (Fsp3) is 0.647. The van der Waals surface area contributed by atoms with Gasteiger partial charge in [-0.3, -0.25) is 0 Å². The fourth-order valence-electron chi connectivity index (χ4n) is 2.71. The van der Waals surface area contributed by atoms with Gasteiger partial charge in [0, 0.05) is 6.04 Å². The number of benzene rings is 1. The number of hydrogen-bond acceptors (Lipinski definition) is 1. The van der Waals surface area contributed by atoms with Gasteiger partial charge < -0.3 is 5.32 Å². The summed E-state index contributed by atoms with van der Waals surface area (Å²) in [6.45, 7) is 9.86. The summed E-state index contributed by atoms with van der Waals surface area (Å²) in [6.07, 6.45) is 3.34. The van der Waals surface area contributed by atoms with Gasteiger partial charge in [-0.2, -0.15) is 0 Å². The molecular formula is C17H28FN. The van der Waals surface area contributed by atoms with Crippen LogP contribution >= 0.6 is 0 Å². The predicted octanol–water partition coefficient (Wildman–Crippen LogP) is 4.42. The Labute approximate surface area is 117 Å². The maximum Gasteiger partial charge on any atom is 0.123 e. The molecule has 0 saturated carbocycles. The average molecular weight is 265 g/mol. The standard InChI is InChI=1S/C17H28FN/c1-5-15(6-2)16(12-19-13(3)4)10-14-8-7-9-17(18)11-14/h7-9,11,13,15-16,19H,5-6,10,12H2,1-4H3. The Morgan fingerprint density at radius 1 is 1.11 bits per heavy atom. The van der Waals surface area contributed by atoms with Gasteiger partial charge in [0.05, 0.1) is 0 Å². The summed E-state index contributed by atoms with van der Waals surface area (Å²) in [7, 11) is 0. The van der Waals surface area contributed by atoms with Crippen LogP contribution in [0.2, 0.25) is 0 Å². The SMILES string of the molecule is CCC(CC)C(CNC(C)C)Cc1cccc(F)c1. The Kier molecular flexibility index (Phi) is 7.07. The molecule has 0 bridgehead atoms. The number of rotatable bonds is 8. The third-order valence-corrected chi connectivity index (χ3v) is 3.89. The van der Waals surface area contributed by atoms with Crippen molar-refractivity contribution in [2.75, 3.05) is 6.54 Å². The van der Waals surface area contributed by atoms with Crippen molar-refractivity contribution < 1.29 is 4.39 Å². The van der Waals surface area contributed by atoms with E-state index in [4.69, 9.17) is 0 Å². The van der Waals surface area contributed by atoms with E-state index in [2.05, 4.69) is 33.0 Å². The summed E-state index contributed by atoms with van der Waals surface area (Å²) >= 11 is 0. The van der Waals surface area contributed by atoms with E-state index >= 15 is 0 Å². The zero-order chi connectivity index (χ0) is 14.3. The van der Waals surface area contributed by atoms with Gasteiger partial charge in [-0.15, -0.1) is 0 Å². The molecule has 0 heterocycles. The summed E-state index contributed by atoms with van der Waals surface area (Å²) in [6, 6.07) is 7.54. The number of nitrogens with one attached hydrogen (secondary N) is 1. The summed E-state index contributed by atoms with van der Waals surface area (Å²) in [5.74, 6) is 1.16. The molecular weight excluding hydrogens is 237 g/mol. The molecule has 0 aromatic heterocycles. The highest BCUT2D eigenvalue weighted by Crippen LogP contribution is 2.23. The summed E-state index contributed by atoms with van der Waals surface area (Å²) < 4.78 is 13.3. The second kappa shape index (κ2) is 8.31. The topological polar surface area (TPSA) is 12.0 Å². The Morgan fingerprint density at radius 3 is 2.32 bits per heavy atom. The first kappa shape index (κ1) is 16.2. The van der Waals surface area contributed by atoms with E-state index in [1.165, 1.54) is 18.9 Å². The molecule has 2 heteroatoms. The molecule has 0 aliphatic carbocycles. The van der Waals surface area contributed by atoms with E-state index in [1.54, 1.807) is 6.07 Å². The number of hydrogen-bond donors (Lipinski definition) is 1. The molecule has 0 radical (unpaired) electrons. The van der Waals surface area contributed by atoms with Crippen molar-refractivity contribution in [2.45, 2.75) is 53.0 Å². The predicted molar refractivity (Wildman–Crippen MR) is 80.8 cm³/mol. The van der Waals surface area contributed by atoms with Crippen LogP contribution in [-0.2, 0) is 6.42 Å². The molecule has 1 atom stereocenters. The molecule has 0 spiro atoms. The number of halogens is 1. The van der Waals surface area contributed by atoms with Gasteiger partial charge >= 0.3 is 0 Å². The first-order valence-corrected chi connectivity index (χ1v) is 7.54. The molecule has 0 amide bonds. The normalized spacial score (nSPS) is 13.2. The second-order valence-electron chi connectivity index (χ2n) is 5.73. The van der Waals surface area contributed by atoms with Crippen molar-refractivity contribution in [2.24, 2.45) is 11.8 Å². The van der Waals surface area contributed by atoms with E-state index in [0.29, 0.717) is 17.9 Å². The van der Waals surface area contributed by atoms with E-state index in [1.807, 2.05) is 12.1 Å². The highest BCUT2D eigenvalue weighted by molar-refractivity contribution is 5.17. The van der Waals surface area contributed by atoms with E-state index in [9.17, 15) is 4.39 Å².